The molecule has 0 aliphatic carbocycles. The fraction of sp³-hybridized carbons (Fsp3) is 0.438. The third-order valence-corrected chi connectivity index (χ3v) is 3.45. The number of carbonyl (C=O) groups is 1. The van der Waals surface area contributed by atoms with Crippen molar-refractivity contribution in [1.82, 2.24) is 4.90 Å². The summed E-state index contributed by atoms with van der Waals surface area (Å²) in [6.07, 6.45) is 2.68. The highest BCUT2D eigenvalue weighted by molar-refractivity contribution is 5.85. The average Bonchev–Trinajstić information content (AvgIpc) is 2.48. The molecule has 1 aliphatic heterocycles. The number of hydrogen-bond acceptors (Lipinski definition) is 4. The van der Waals surface area contributed by atoms with E-state index in [4.69, 9.17) is 14.6 Å². The van der Waals surface area contributed by atoms with Gasteiger partial charge >= 0.3 is 5.97 Å². The Morgan fingerprint density at radius 3 is 2.90 bits per heavy atom. The standard InChI is InChI=1S/C16H21NO4/c1-13-12-20-10-8-17(13)9-11-21-15-5-2-14(3-6-15)4-7-16(18)19/h2-7,13H,8-12H2,1H3,(H,18,19). The minimum Gasteiger partial charge on any atom is -0.492 e. The van der Waals surface area contributed by atoms with Crippen molar-refractivity contribution in [1.29, 1.82) is 0 Å². The van der Waals surface area contributed by atoms with Crippen LogP contribution in [-0.2, 0) is 9.53 Å². The van der Waals surface area contributed by atoms with Crippen molar-refractivity contribution in [2.24, 2.45) is 0 Å². The lowest BCUT2D eigenvalue weighted by Gasteiger charge is -2.32. The molecule has 1 aromatic carbocycles. The largest absolute Gasteiger partial charge is 0.492 e. The van der Waals surface area contributed by atoms with Crippen molar-refractivity contribution in [3.63, 3.8) is 0 Å². The second kappa shape index (κ2) is 7.81. The van der Waals surface area contributed by atoms with Crippen LogP contribution in [0.15, 0.2) is 30.3 Å². The first kappa shape index (κ1) is 15.5. The molecule has 1 atom stereocenters. The van der Waals surface area contributed by atoms with Crippen LogP contribution in [0.25, 0.3) is 6.08 Å². The minimum absolute atomic E-state index is 0.436. The molecule has 0 amide bonds. The second-order valence-corrected chi connectivity index (χ2v) is 5.05. The predicted molar refractivity (Wildman–Crippen MR) is 80.5 cm³/mol. The summed E-state index contributed by atoms with van der Waals surface area (Å²) >= 11 is 0. The molecule has 0 saturated carbocycles. The van der Waals surface area contributed by atoms with Gasteiger partial charge in [0, 0.05) is 25.2 Å². The summed E-state index contributed by atoms with van der Waals surface area (Å²) in [5.41, 5.74) is 0.839. The molecular weight excluding hydrogens is 270 g/mol. The first-order valence-corrected chi connectivity index (χ1v) is 7.11. The summed E-state index contributed by atoms with van der Waals surface area (Å²) in [7, 11) is 0. The van der Waals surface area contributed by atoms with Gasteiger partial charge in [0.05, 0.1) is 13.2 Å². The van der Waals surface area contributed by atoms with Crippen LogP contribution in [0.2, 0.25) is 0 Å². The lowest BCUT2D eigenvalue weighted by molar-refractivity contribution is -0.131. The van der Waals surface area contributed by atoms with Crippen molar-refractivity contribution in [3.05, 3.63) is 35.9 Å². The molecule has 5 heteroatoms. The number of nitrogens with zero attached hydrogens (tertiary/aromatic N) is 1. The van der Waals surface area contributed by atoms with Crippen molar-refractivity contribution in [2.75, 3.05) is 32.9 Å². The van der Waals surface area contributed by atoms with E-state index in [-0.39, 0.29) is 0 Å². The molecule has 0 spiro atoms. The lowest BCUT2D eigenvalue weighted by atomic mass is 10.2. The van der Waals surface area contributed by atoms with Gasteiger partial charge in [-0.05, 0) is 30.7 Å². The molecule has 1 saturated heterocycles. The summed E-state index contributed by atoms with van der Waals surface area (Å²) in [6, 6.07) is 7.82. The van der Waals surface area contributed by atoms with Crippen LogP contribution in [0.1, 0.15) is 12.5 Å². The maximum atomic E-state index is 10.4. The summed E-state index contributed by atoms with van der Waals surface area (Å²) in [4.78, 5) is 12.8. The van der Waals surface area contributed by atoms with Gasteiger partial charge < -0.3 is 14.6 Å². The zero-order valence-corrected chi connectivity index (χ0v) is 12.2. The molecule has 1 fully saturated rings. The highest BCUT2D eigenvalue weighted by Crippen LogP contribution is 2.13. The minimum atomic E-state index is -0.949. The van der Waals surface area contributed by atoms with E-state index in [2.05, 4.69) is 11.8 Å². The maximum absolute atomic E-state index is 10.4. The van der Waals surface area contributed by atoms with E-state index < -0.39 is 5.97 Å². The quantitative estimate of drug-likeness (QED) is 0.811. The van der Waals surface area contributed by atoms with Crippen LogP contribution in [0.4, 0.5) is 0 Å². The van der Waals surface area contributed by atoms with Gasteiger partial charge in [0.15, 0.2) is 0 Å². The topological polar surface area (TPSA) is 59.0 Å². The highest BCUT2D eigenvalue weighted by Gasteiger charge is 2.17. The molecule has 1 aromatic rings. The Bertz CT molecular complexity index is 484. The summed E-state index contributed by atoms with van der Waals surface area (Å²) in [5.74, 6) is -0.154. The van der Waals surface area contributed by atoms with Gasteiger partial charge in [0.25, 0.3) is 0 Å². The Morgan fingerprint density at radius 2 is 2.24 bits per heavy atom. The van der Waals surface area contributed by atoms with Crippen LogP contribution in [-0.4, -0.2) is 54.9 Å². The SMILES string of the molecule is CC1COCCN1CCOc1ccc(C=CC(=O)O)cc1. The van der Waals surface area contributed by atoms with Gasteiger partial charge in [0.2, 0.25) is 0 Å². The number of rotatable bonds is 6. The summed E-state index contributed by atoms with van der Waals surface area (Å²) < 4.78 is 11.1. The molecule has 114 valence electrons. The van der Waals surface area contributed by atoms with Gasteiger partial charge in [-0.3, -0.25) is 4.90 Å². The van der Waals surface area contributed by atoms with Crippen molar-refractivity contribution in [2.45, 2.75) is 13.0 Å². The third-order valence-electron chi connectivity index (χ3n) is 3.45. The zero-order chi connectivity index (χ0) is 15.1. The molecular formula is C16H21NO4. The smallest absolute Gasteiger partial charge is 0.328 e. The van der Waals surface area contributed by atoms with Crippen LogP contribution in [0.5, 0.6) is 5.75 Å². The van der Waals surface area contributed by atoms with Crippen LogP contribution >= 0.6 is 0 Å². The average molecular weight is 291 g/mol. The molecule has 1 heterocycles. The first-order valence-electron chi connectivity index (χ1n) is 7.11. The molecule has 1 aliphatic rings. The van der Waals surface area contributed by atoms with Gasteiger partial charge in [-0.15, -0.1) is 0 Å². The fourth-order valence-electron chi connectivity index (χ4n) is 2.22. The summed E-state index contributed by atoms with van der Waals surface area (Å²) in [5, 5.41) is 8.57. The Labute approximate surface area is 124 Å². The highest BCUT2D eigenvalue weighted by atomic mass is 16.5. The Hall–Kier alpha value is -1.85. The molecule has 1 N–H and O–H groups in total. The fourth-order valence-corrected chi connectivity index (χ4v) is 2.22. The van der Waals surface area contributed by atoms with E-state index >= 15 is 0 Å². The van der Waals surface area contributed by atoms with E-state index in [9.17, 15) is 4.79 Å². The van der Waals surface area contributed by atoms with Crippen molar-refractivity contribution >= 4 is 12.0 Å². The van der Waals surface area contributed by atoms with Crippen molar-refractivity contribution < 1.29 is 19.4 Å². The van der Waals surface area contributed by atoms with Crippen LogP contribution in [0.3, 0.4) is 0 Å². The first-order chi connectivity index (χ1) is 10.1. The van der Waals surface area contributed by atoms with Crippen molar-refractivity contribution in [3.8, 4) is 5.75 Å². The number of ether oxygens (including phenoxy) is 2. The molecule has 21 heavy (non-hydrogen) atoms. The molecule has 0 bridgehead atoms. The van der Waals surface area contributed by atoms with Crippen LogP contribution < -0.4 is 4.74 Å². The molecule has 2 rings (SSSR count). The van der Waals surface area contributed by atoms with Gasteiger partial charge in [-0.25, -0.2) is 4.79 Å². The van der Waals surface area contributed by atoms with E-state index in [1.807, 2.05) is 24.3 Å². The van der Waals surface area contributed by atoms with E-state index in [0.29, 0.717) is 12.6 Å². The van der Waals surface area contributed by atoms with E-state index in [0.717, 1.165) is 43.7 Å². The number of aliphatic carboxylic acids is 1. The molecule has 5 nitrogen and oxygen atoms in total. The molecule has 1 unspecified atom stereocenters. The zero-order valence-electron chi connectivity index (χ0n) is 12.2. The van der Waals surface area contributed by atoms with Gasteiger partial charge in [-0.2, -0.15) is 0 Å². The summed E-state index contributed by atoms with van der Waals surface area (Å²) in [6.45, 7) is 6.19. The Morgan fingerprint density at radius 1 is 1.48 bits per heavy atom. The molecule has 0 aromatic heterocycles. The van der Waals surface area contributed by atoms with Gasteiger partial charge in [0.1, 0.15) is 12.4 Å². The third kappa shape index (κ3) is 5.21. The second-order valence-electron chi connectivity index (χ2n) is 5.05. The number of carboxylic acid groups (broad SMARTS) is 1. The van der Waals surface area contributed by atoms with E-state index in [1.54, 1.807) is 6.08 Å². The Balaban J connectivity index is 1.77. The Kier molecular flexibility index (Phi) is 5.78. The number of morpholine rings is 1. The number of hydrogen-bond donors (Lipinski definition) is 1. The van der Waals surface area contributed by atoms with E-state index in [1.165, 1.54) is 0 Å². The lowest BCUT2D eigenvalue weighted by Crippen LogP contribution is -2.45. The predicted octanol–water partition coefficient (Wildman–Crippen LogP) is 1.88. The number of carboxylic acids is 1. The maximum Gasteiger partial charge on any atom is 0.328 e. The van der Waals surface area contributed by atoms with Gasteiger partial charge in [-0.1, -0.05) is 12.1 Å². The normalized spacial score (nSPS) is 19.8. The molecule has 0 radical (unpaired) electrons. The number of benzene rings is 1. The van der Waals surface area contributed by atoms with Crippen LogP contribution in [0, 0.1) is 0 Å². The monoisotopic (exact) mass is 291 g/mol.